The van der Waals surface area contributed by atoms with Crippen LogP contribution in [0.15, 0.2) is 60.9 Å². The van der Waals surface area contributed by atoms with Crippen LogP contribution >= 0.6 is 0 Å². The van der Waals surface area contributed by atoms with E-state index in [-0.39, 0.29) is 5.75 Å². The zero-order chi connectivity index (χ0) is 18.6. The molecule has 0 spiro atoms. The molecule has 0 N–H and O–H groups in total. The lowest BCUT2D eigenvalue weighted by atomic mass is 10.2. The predicted molar refractivity (Wildman–Crippen MR) is 104 cm³/mol. The van der Waals surface area contributed by atoms with Crippen molar-refractivity contribution in [3.63, 3.8) is 0 Å². The number of piperazine rings is 1. The summed E-state index contributed by atoms with van der Waals surface area (Å²) in [7, 11) is 0. The molecule has 3 aromatic rings. The van der Waals surface area contributed by atoms with E-state index >= 15 is 0 Å². The summed E-state index contributed by atoms with van der Waals surface area (Å²) < 4.78 is 19.4. The first-order chi connectivity index (χ1) is 13.2. The highest BCUT2D eigenvalue weighted by Crippen LogP contribution is 2.25. The molecule has 1 saturated heterocycles. The van der Waals surface area contributed by atoms with E-state index in [4.69, 9.17) is 4.74 Å². The number of nitrogens with zero attached hydrogens (tertiary/aromatic N) is 4. The molecule has 0 aliphatic carbocycles. The third kappa shape index (κ3) is 4.00. The Morgan fingerprint density at radius 3 is 2.33 bits per heavy atom. The highest BCUT2D eigenvalue weighted by molar-refractivity contribution is 5.50. The van der Waals surface area contributed by atoms with Crippen molar-refractivity contribution < 1.29 is 9.13 Å². The van der Waals surface area contributed by atoms with Crippen LogP contribution in [-0.2, 0) is 0 Å². The fourth-order valence-electron chi connectivity index (χ4n) is 3.15. The fraction of sp³-hybridized carbons (Fsp3) is 0.238. The summed E-state index contributed by atoms with van der Waals surface area (Å²) in [5.74, 6) is 0.877. The quantitative estimate of drug-likeness (QED) is 0.699. The number of hydrogen-bond donors (Lipinski definition) is 0. The van der Waals surface area contributed by atoms with Gasteiger partial charge in [-0.05, 0) is 31.2 Å². The molecule has 1 fully saturated rings. The molecule has 2 heterocycles. The maximum atomic E-state index is 13.8. The van der Waals surface area contributed by atoms with Gasteiger partial charge >= 0.3 is 0 Å². The van der Waals surface area contributed by atoms with Crippen LogP contribution in [0, 0.1) is 12.7 Å². The van der Waals surface area contributed by atoms with Crippen LogP contribution in [0.1, 0.15) is 5.56 Å². The summed E-state index contributed by atoms with van der Waals surface area (Å²) in [4.78, 5) is 13.0. The lowest BCUT2D eigenvalue weighted by Crippen LogP contribution is -2.46. The van der Waals surface area contributed by atoms with Gasteiger partial charge in [0.2, 0.25) is 5.88 Å². The summed E-state index contributed by atoms with van der Waals surface area (Å²) in [6.45, 7) is 5.62. The average Bonchev–Trinajstić information content (AvgIpc) is 2.71. The Morgan fingerprint density at radius 2 is 1.59 bits per heavy atom. The number of halogens is 1. The van der Waals surface area contributed by atoms with Crippen molar-refractivity contribution in [2.24, 2.45) is 0 Å². The standard InChI is InChI=1S/C21H21FN4O/c1-16-6-8-17(9-7-16)25-10-12-26(13-11-25)20-14-21(24-15-23-20)27-19-5-3-2-4-18(19)22/h2-9,14-15H,10-13H2,1H3. The Morgan fingerprint density at radius 1 is 0.889 bits per heavy atom. The molecule has 0 atom stereocenters. The monoisotopic (exact) mass is 364 g/mol. The molecule has 5 nitrogen and oxygen atoms in total. The zero-order valence-corrected chi connectivity index (χ0v) is 15.2. The van der Waals surface area contributed by atoms with Gasteiger partial charge in [-0.15, -0.1) is 0 Å². The Hall–Kier alpha value is -3.15. The van der Waals surface area contributed by atoms with Gasteiger partial charge < -0.3 is 14.5 Å². The second-order valence-corrected chi connectivity index (χ2v) is 6.56. The molecule has 0 radical (unpaired) electrons. The van der Waals surface area contributed by atoms with Crippen LogP contribution in [0.5, 0.6) is 11.6 Å². The molecule has 27 heavy (non-hydrogen) atoms. The van der Waals surface area contributed by atoms with Crippen molar-refractivity contribution >= 4 is 11.5 Å². The second-order valence-electron chi connectivity index (χ2n) is 6.56. The molecule has 1 aromatic heterocycles. The van der Waals surface area contributed by atoms with E-state index in [1.54, 1.807) is 24.3 Å². The van der Waals surface area contributed by atoms with E-state index in [1.165, 1.54) is 23.6 Å². The van der Waals surface area contributed by atoms with Crippen LogP contribution in [0.25, 0.3) is 0 Å². The fourth-order valence-corrected chi connectivity index (χ4v) is 3.15. The summed E-state index contributed by atoms with van der Waals surface area (Å²) in [6.07, 6.45) is 1.46. The lowest BCUT2D eigenvalue weighted by molar-refractivity contribution is 0.426. The number of ether oxygens (including phenoxy) is 1. The van der Waals surface area contributed by atoms with E-state index in [9.17, 15) is 4.39 Å². The van der Waals surface area contributed by atoms with Crippen molar-refractivity contribution in [3.8, 4) is 11.6 Å². The van der Waals surface area contributed by atoms with E-state index < -0.39 is 5.82 Å². The summed E-state index contributed by atoms with van der Waals surface area (Å²) in [5, 5.41) is 0. The van der Waals surface area contributed by atoms with Crippen LogP contribution in [-0.4, -0.2) is 36.1 Å². The zero-order valence-electron chi connectivity index (χ0n) is 15.2. The number of rotatable bonds is 4. The van der Waals surface area contributed by atoms with Crippen molar-refractivity contribution in [1.82, 2.24) is 9.97 Å². The van der Waals surface area contributed by atoms with Gasteiger partial charge in [0.25, 0.3) is 0 Å². The highest BCUT2D eigenvalue weighted by atomic mass is 19.1. The van der Waals surface area contributed by atoms with Gasteiger partial charge in [-0.3, -0.25) is 0 Å². The first-order valence-corrected chi connectivity index (χ1v) is 9.00. The predicted octanol–water partition coefficient (Wildman–Crippen LogP) is 4.04. The van der Waals surface area contributed by atoms with E-state index in [1.807, 2.05) is 0 Å². The summed E-state index contributed by atoms with van der Waals surface area (Å²) >= 11 is 0. The van der Waals surface area contributed by atoms with E-state index in [0.717, 1.165) is 32.0 Å². The molecule has 0 unspecified atom stereocenters. The molecule has 138 valence electrons. The minimum Gasteiger partial charge on any atom is -0.436 e. The Labute approximate surface area is 158 Å². The molecule has 1 aliphatic heterocycles. The van der Waals surface area contributed by atoms with Gasteiger partial charge in [-0.1, -0.05) is 29.8 Å². The van der Waals surface area contributed by atoms with Crippen LogP contribution in [0.3, 0.4) is 0 Å². The Kier molecular flexibility index (Phi) is 4.87. The largest absolute Gasteiger partial charge is 0.436 e. The van der Waals surface area contributed by atoms with Crippen LogP contribution < -0.4 is 14.5 Å². The minimum atomic E-state index is -0.413. The number of anilines is 2. The van der Waals surface area contributed by atoms with Gasteiger partial charge in [0.1, 0.15) is 12.1 Å². The number of para-hydroxylation sites is 1. The topological polar surface area (TPSA) is 41.5 Å². The highest BCUT2D eigenvalue weighted by Gasteiger charge is 2.19. The van der Waals surface area contributed by atoms with Gasteiger partial charge in [0, 0.05) is 37.9 Å². The van der Waals surface area contributed by atoms with Crippen LogP contribution in [0.4, 0.5) is 15.9 Å². The number of benzene rings is 2. The number of hydrogen-bond acceptors (Lipinski definition) is 5. The maximum absolute atomic E-state index is 13.8. The smallest absolute Gasteiger partial charge is 0.224 e. The molecule has 6 heteroatoms. The van der Waals surface area contributed by atoms with E-state index in [2.05, 4.69) is 51.0 Å². The summed E-state index contributed by atoms with van der Waals surface area (Å²) in [5.41, 5.74) is 2.51. The van der Waals surface area contributed by atoms with Crippen molar-refractivity contribution in [3.05, 3.63) is 72.3 Å². The average molecular weight is 364 g/mol. The first kappa shape index (κ1) is 17.3. The molecule has 0 bridgehead atoms. The van der Waals surface area contributed by atoms with Gasteiger partial charge in [-0.2, -0.15) is 0 Å². The Bertz CT molecular complexity index is 908. The SMILES string of the molecule is Cc1ccc(N2CCN(c3cc(Oc4ccccc4F)ncn3)CC2)cc1. The molecule has 4 rings (SSSR count). The molecule has 0 amide bonds. The van der Waals surface area contributed by atoms with Gasteiger partial charge in [0.05, 0.1) is 0 Å². The minimum absolute atomic E-state index is 0.159. The molecule has 0 saturated carbocycles. The lowest BCUT2D eigenvalue weighted by Gasteiger charge is -2.36. The molecule has 1 aliphatic rings. The van der Waals surface area contributed by atoms with Crippen molar-refractivity contribution in [1.29, 1.82) is 0 Å². The van der Waals surface area contributed by atoms with Gasteiger partial charge in [0.15, 0.2) is 11.6 Å². The molecule has 2 aromatic carbocycles. The van der Waals surface area contributed by atoms with E-state index in [0.29, 0.717) is 5.88 Å². The second kappa shape index (κ2) is 7.61. The normalized spacial score (nSPS) is 14.3. The third-order valence-electron chi connectivity index (χ3n) is 4.68. The number of aromatic nitrogens is 2. The van der Waals surface area contributed by atoms with Crippen molar-refractivity contribution in [2.75, 3.05) is 36.0 Å². The number of aryl methyl sites for hydroxylation is 1. The summed E-state index contributed by atoms with van der Waals surface area (Å²) in [6, 6.07) is 16.7. The third-order valence-corrected chi connectivity index (χ3v) is 4.68. The maximum Gasteiger partial charge on any atom is 0.224 e. The molecular weight excluding hydrogens is 343 g/mol. The van der Waals surface area contributed by atoms with Gasteiger partial charge in [-0.25, -0.2) is 14.4 Å². The first-order valence-electron chi connectivity index (χ1n) is 9.00. The Balaban J connectivity index is 1.43. The van der Waals surface area contributed by atoms with Crippen molar-refractivity contribution in [2.45, 2.75) is 6.92 Å². The molecular formula is C21H21FN4O. The van der Waals surface area contributed by atoms with Crippen LogP contribution in [0.2, 0.25) is 0 Å².